The van der Waals surface area contributed by atoms with Crippen LogP contribution in [-0.4, -0.2) is 31.4 Å². The molecule has 158 valence electrons. The van der Waals surface area contributed by atoms with Gasteiger partial charge < -0.3 is 9.88 Å². The highest BCUT2D eigenvalue weighted by molar-refractivity contribution is 7.99. The number of rotatable bonds is 6. The number of benzene rings is 2. The fourth-order valence-corrected chi connectivity index (χ4v) is 4.27. The average molecular weight is 458 g/mol. The van der Waals surface area contributed by atoms with Crippen LogP contribution >= 0.6 is 23.1 Å². The van der Waals surface area contributed by atoms with Crippen LogP contribution in [0, 0.1) is 18.6 Å². The molecule has 0 bridgehead atoms. The Morgan fingerprint density at radius 2 is 1.94 bits per heavy atom. The Balaban J connectivity index is 1.39. The van der Waals surface area contributed by atoms with Crippen LogP contribution in [-0.2, 0) is 11.8 Å². The zero-order valence-corrected chi connectivity index (χ0v) is 18.2. The van der Waals surface area contributed by atoms with E-state index in [9.17, 15) is 13.6 Å². The van der Waals surface area contributed by atoms with Crippen LogP contribution in [0.1, 0.15) is 5.56 Å². The summed E-state index contributed by atoms with van der Waals surface area (Å²) in [7, 11) is 1.84. The third-order valence-electron chi connectivity index (χ3n) is 4.43. The molecule has 0 saturated carbocycles. The first-order valence-electron chi connectivity index (χ1n) is 9.21. The summed E-state index contributed by atoms with van der Waals surface area (Å²) in [6.45, 7) is 2.01. The Hall–Kier alpha value is -3.11. The first-order chi connectivity index (χ1) is 14.9. The number of amides is 1. The van der Waals surface area contributed by atoms with E-state index in [0.29, 0.717) is 16.1 Å². The number of hydrogen-bond acceptors (Lipinski definition) is 6. The molecular weight excluding hydrogens is 440 g/mol. The fraction of sp³-hybridized carbons (Fsp3) is 0.143. The van der Waals surface area contributed by atoms with Gasteiger partial charge in [0.15, 0.2) is 16.1 Å². The third-order valence-corrected chi connectivity index (χ3v) is 6.21. The number of thiazole rings is 1. The minimum absolute atomic E-state index is 0.0499. The summed E-state index contributed by atoms with van der Waals surface area (Å²) in [5, 5.41) is 13.5. The Bertz CT molecular complexity index is 1240. The lowest BCUT2D eigenvalue weighted by molar-refractivity contribution is -0.113. The predicted octanol–water partition coefficient (Wildman–Crippen LogP) is 4.92. The van der Waals surface area contributed by atoms with E-state index in [-0.39, 0.29) is 22.9 Å². The van der Waals surface area contributed by atoms with Gasteiger partial charge >= 0.3 is 0 Å². The Morgan fingerprint density at radius 3 is 2.71 bits per heavy atom. The summed E-state index contributed by atoms with van der Waals surface area (Å²) < 4.78 is 29.1. The van der Waals surface area contributed by atoms with Gasteiger partial charge in [0.25, 0.3) is 0 Å². The molecular formula is C21H17F2N5OS2. The van der Waals surface area contributed by atoms with Crippen molar-refractivity contribution in [1.82, 2.24) is 19.7 Å². The Kier molecular flexibility index (Phi) is 6.10. The van der Waals surface area contributed by atoms with Gasteiger partial charge in [-0.25, -0.2) is 13.8 Å². The standard InChI is InChI=1S/C21H17F2N5OS2/c1-12-3-5-13(6-4-12)19-26-27-21(28(19)2)31-11-18(29)25-20-24-17(10-30-20)15-9-14(22)7-8-16(15)23/h3-10H,11H2,1-2H3,(H,24,25,29). The van der Waals surface area contributed by atoms with Crippen molar-refractivity contribution in [2.45, 2.75) is 12.1 Å². The molecule has 1 N–H and O–H groups in total. The molecule has 0 aliphatic heterocycles. The zero-order chi connectivity index (χ0) is 22.0. The van der Waals surface area contributed by atoms with Crippen molar-refractivity contribution in [1.29, 1.82) is 0 Å². The minimum atomic E-state index is -0.577. The van der Waals surface area contributed by atoms with E-state index < -0.39 is 11.6 Å². The summed E-state index contributed by atoms with van der Waals surface area (Å²) >= 11 is 2.39. The molecule has 2 heterocycles. The molecule has 0 spiro atoms. The zero-order valence-electron chi connectivity index (χ0n) is 16.6. The molecule has 31 heavy (non-hydrogen) atoms. The smallest absolute Gasteiger partial charge is 0.236 e. The van der Waals surface area contributed by atoms with Crippen LogP contribution in [0.2, 0.25) is 0 Å². The van der Waals surface area contributed by atoms with E-state index >= 15 is 0 Å². The lowest BCUT2D eigenvalue weighted by Gasteiger charge is -2.04. The van der Waals surface area contributed by atoms with Gasteiger partial charge in [0.1, 0.15) is 11.6 Å². The number of aromatic nitrogens is 4. The predicted molar refractivity (Wildman–Crippen MR) is 118 cm³/mol. The Morgan fingerprint density at radius 1 is 1.16 bits per heavy atom. The molecule has 2 aromatic carbocycles. The number of carbonyl (C=O) groups excluding carboxylic acids is 1. The normalized spacial score (nSPS) is 11.0. The number of nitrogens with zero attached hydrogens (tertiary/aromatic N) is 4. The van der Waals surface area contributed by atoms with Gasteiger partial charge in [-0.15, -0.1) is 21.5 Å². The first-order valence-corrected chi connectivity index (χ1v) is 11.1. The molecule has 0 aliphatic rings. The van der Waals surface area contributed by atoms with Crippen molar-refractivity contribution in [3.05, 3.63) is 65.0 Å². The highest BCUT2D eigenvalue weighted by Crippen LogP contribution is 2.28. The van der Waals surface area contributed by atoms with Gasteiger partial charge in [0.05, 0.1) is 11.4 Å². The minimum Gasteiger partial charge on any atom is -0.305 e. The first kappa shape index (κ1) is 21.1. The fourth-order valence-electron chi connectivity index (χ4n) is 2.83. The Labute approximate surface area is 185 Å². The van der Waals surface area contributed by atoms with Gasteiger partial charge in [-0.1, -0.05) is 41.6 Å². The van der Waals surface area contributed by atoms with Crippen LogP contribution in [0.3, 0.4) is 0 Å². The van der Waals surface area contributed by atoms with Gasteiger partial charge in [-0.2, -0.15) is 0 Å². The van der Waals surface area contributed by atoms with E-state index in [1.807, 2.05) is 42.8 Å². The van der Waals surface area contributed by atoms with E-state index in [0.717, 1.165) is 40.7 Å². The maximum Gasteiger partial charge on any atom is 0.236 e. The van der Waals surface area contributed by atoms with E-state index in [4.69, 9.17) is 0 Å². The average Bonchev–Trinajstić information content (AvgIpc) is 3.35. The number of nitrogens with one attached hydrogen (secondary N) is 1. The number of anilines is 1. The largest absolute Gasteiger partial charge is 0.305 e. The van der Waals surface area contributed by atoms with Gasteiger partial charge in [0, 0.05) is 23.6 Å². The van der Waals surface area contributed by atoms with Crippen LogP contribution in [0.15, 0.2) is 53.0 Å². The highest BCUT2D eigenvalue weighted by Gasteiger charge is 2.15. The van der Waals surface area contributed by atoms with Crippen molar-refractivity contribution < 1.29 is 13.6 Å². The molecule has 10 heteroatoms. The second-order valence-corrected chi connectivity index (χ2v) is 8.53. The van der Waals surface area contributed by atoms with Crippen LogP contribution < -0.4 is 5.32 Å². The molecule has 0 aliphatic carbocycles. The number of halogens is 2. The quantitative estimate of drug-likeness (QED) is 0.416. The summed E-state index contributed by atoms with van der Waals surface area (Å²) in [5.74, 6) is -0.606. The maximum atomic E-state index is 13.9. The van der Waals surface area contributed by atoms with E-state index in [1.54, 1.807) is 5.38 Å². The molecule has 0 saturated heterocycles. The second kappa shape index (κ2) is 8.94. The molecule has 0 fully saturated rings. The number of hydrogen-bond donors (Lipinski definition) is 1. The summed E-state index contributed by atoms with van der Waals surface area (Å²) in [5.41, 5.74) is 2.41. The SMILES string of the molecule is Cc1ccc(-c2nnc(SCC(=O)Nc3nc(-c4cc(F)ccc4F)cs3)n2C)cc1. The lowest BCUT2D eigenvalue weighted by Crippen LogP contribution is -2.14. The molecule has 2 aromatic heterocycles. The highest BCUT2D eigenvalue weighted by atomic mass is 32.2. The van der Waals surface area contributed by atoms with Crippen molar-refractivity contribution >= 4 is 34.1 Å². The van der Waals surface area contributed by atoms with Crippen molar-refractivity contribution in [2.75, 3.05) is 11.1 Å². The molecule has 4 rings (SSSR count). The molecule has 1 amide bonds. The summed E-state index contributed by atoms with van der Waals surface area (Å²) in [6.07, 6.45) is 0. The second-order valence-electron chi connectivity index (χ2n) is 6.73. The van der Waals surface area contributed by atoms with Crippen LogP contribution in [0.4, 0.5) is 13.9 Å². The molecule has 0 unspecified atom stereocenters. The number of aryl methyl sites for hydroxylation is 1. The summed E-state index contributed by atoms with van der Waals surface area (Å²) in [4.78, 5) is 16.5. The molecule has 0 atom stereocenters. The van der Waals surface area contributed by atoms with Crippen molar-refractivity contribution in [2.24, 2.45) is 7.05 Å². The monoisotopic (exact) mass is 457 g/mol. The molecule has 0 radical (unpaired) electrons. The molecule has 4 aromatic rings. The van der Waals surface area contributed by atoms with Gasteiger partial charge in [-0.3, -0.25) is 4.79 Å². The van der Waals surface area contributed by atoms with Crippen LogP contribution in [0.5, 0.6) is 0 Å². The van der Waals surface area contributed by atoms with Gasteiger partial charge in [-0.05, 0) is 25.1 Å². The number of carbonyl (C=O) groups is 1. The van der Waals surface area contributed by atoms with E-state index in [2.05, 4.69) is 20.5 Å². The third kappa shape index (κ3) is 4.80. The van der Waals surface area contributed by atoms with E-state index in [1.165, 1.54) is 11.8 Å². The number of thioether (sulfide) groups is 1. The van der Waals surface area contributed by atoms with Crippen molar-refractivity contribution in [3.8, 4) is 22.6 Å². The van der Waals surface area contributed by atoms with Crippen LogP contribution in [0.25, 0.3) is 22.6 Å². The maximum absolute atomic E-state index is 13.9. The van der Waals surface area contributed by atoms with Gasteiger partial charge in [0.2, 0.25) is 5.91 Å². The summed E-state index contributed by atoms with van der Waals surface area (Å²) in [6, 6.07) is 11.1. The van der Waals surface area contributed by atoms with Crippen molar-refractivity contribution in [3.63, 3.8) is 0 Å². The molecule has 6 nitrogen and oxygen atoms in total. The topological polar surface area (TPSA) is 72.7 Å². The lowest BCUT2D eigenvalue weighted by atomic mass is 10.1.